The third kappa shape index (κ3) is 9.66. The number of piperidine rings is 1. The number of ether oxygens (including phenoxy) is 1. The van der Waals surface area contributed by atoms with E-state index >= 15 is 0 Å². The number of likely N-dealkylation sites (tertiary alicyclic amines) is 1. The van der Waals surface area contributed by atoms with Gasteiger partial charge in [-0.15, -0.1) is 6.42 Å². The first-order valence-corrected chi connectivity index (χ1v) is 14.8. The van der Waals surface area contributed by atoms with Gasteiger partial charge in [0.15, 0.2) is 0 Å². The summed E-state index contributed by atoms with van der Waals surface area (Å²) < 4.78 is 38.0. The Morgan fingerprint density at radius 1 is 1.22 bits per heavy atom. The zero-order chi connectivity index (χ0) is 34.2. The molecule has 9 nitrogen and oxygen atoms in total. The molecule has 2 aliphatic carbocycles. The summed E-state index contributed by atoms with van der Waals surface area (Å²) in [5, 5.41) is 13.1. The number of rotatable bonds is 7. The van der Waals surface area contributed by atoms with E-state index in [4.69, 9.17) is 21.2 Å². The van der Waals surface area contributed by atoms with Crippen LogP contribution in [0.5, 0.6) is 0 Å². The van der Waals surface area contributed by atoms with Gasteiger partial charge in [-0.25, -0.2) is 0 Å². The lowest BCUT2D eigenvalue weighted by Crippen LogP contribution is -2.35. The van der Waals surface area contributed by atoms with Gasteiger partial charge in [0.25, 0.3) is 0 Å². The van der Waals surface area contributed by atoms with Gasteiger partial charge in [0.1, 0.15) is 6.04 Å². The summed E-state index contributed by atoms with van der Waals surface area (Å²) in [4.78, 5) is 37.9. The van der Waals surface area contributed by atoms with E-state index in [2.05, 4.69) is 47.6 Å². The molecule has 1 aliphatic heterocycles. The molecule has 0 spiro atoms. The molecule has 244 valence electrons. The molecule has 3 aliphatic rings. The van der Waals surface area contributed by atoms with Crippen LogP contribution in [0.15, 0.2) is 30.6 Å². The maximum absolute atomic E-state index is 12.2. The molecule has 0 radical (unpaired) electrons. The number of benzene rings is 1. The van der Waals surface area contributed by atoms with Gasteiger partial charge in [-0.05, 0) is 50.0 Å². The number of halogens is 3. The average molecular weight is 630 g/mol. The molecule has 3 N–H and O–H groups in total. The summed E-state index contributed by atoms with van der Waals surface area (Å²) in [5.74, 6) is 2.11. The van der Waals surface area contributed by atoms with E-state index in [1.807, 2.05) is 39.0 Å². The third-order valence-corrected chi connectivity index (χ3v) is 8.30. The molecule has 2 saturated carbocycles. The highest BCUT2D eigenvalue weighted by Gasteiger charge is 2.62. The smallest absolute Gasteiger partial charge is 0.372 e. The van der Waals surface area contributed by atoms with Crippen molar-refractivity contribution in [3.8, 4) is 18.4 Å². The Bertz CT molecular complexity index is 1420. The highest BCUT2D eigenvalue weighted by atomic mass is 19.4. The van der Waals surface area contributed by atoms with E-state index in [-0.39, 0.29) is 17.6 Å². The second-order valence-electron chi connectivity index (χ2n) is 11.9. The van der Waals surface area contributed by atoms with Crippen LogP contribution in [-0.4, -0.2) is 59.1 Å². The number of hydrogen-bond acceptors (Lipinski definition) is 6. The number of alkyl halides is 3. The van der Waals surface area contributed by atoms with Gasteiger partial charge in [0.2, 0.25) is 12.3 Å². The number of aromatic nitrogens is 1. The fourth-order valence-corrected chi connectivity index (χ4v) is 5.40. The number of nitrogens with one attached hydrogen (secondary N) is 1. The maximum atomic E-state index is 12.2. The van der Waals surface area contributed by atoms with Gasteiger partial charge < -0.3 is 20.7 Å². The Kier molecular flexibility index (Phi) is 12.5. The van der Waals surface area contributed by atoms with E-state index in [9.17, 15) is 22.8 Å². The molecule has 1 aromatic carbocycles. The minimum Gasteiger partial charge on any atom is -0.372 e. The first-order chi connectivity index (χ1) is 21.1. The number of nitriles is 1. The van der Waals surface area contributed by atoms with Crippen LogP contribution in [-0.2, 0) is 19.1 Å². The number of primary amides is 1. The van der Waals surface area contributed by atoms with E-state index in [1.54, 1.807) is 18.5 Å². The highest BCUT2D eigenvalue weighted by Crippen LogP contribution is 2.62. The van der Waals surface area contributed by atoms with Crippen molar-refractivity contribution in [2.45, 2.75) is 84.7 Å². The van der Waals surface area contributed by atoms with E-state index in [0.717, 1.165) is 48.5 Å². The zero-order valence-electron chi connectivity index (χ0n) is 26.6. The second-order valence-corrected chi connectivity index (χ2v) is 11.9. The molecule has 2 heterocycles. The summed E-state index contributed by atoms with van der Waals surface area (Å²) in [5.41, 5.74) is 5.66. The molecule has 3 amide bonds. The number of fused-ring (bicyclic) bond motifs is 2. The van der Waals surface area contributed by atoms with Crippen molar-refractivity contribution in [1.82, 2.24) is 15.2 Å². The van der Waals surface area contributed by atoms with Crippen LogP contribution in [0.4, 0.5) is 13.2 Å². The first-order valence-electron chi connectivity index (χ1n) is 14.8. The Balaban J connectivity index is 0.000000249. The highest BCUT2D eigenvalue weighted by molar-refractivity contribution is 5.91. The van der Waals surface area contributed by atoms with Crippen LogP contribution < -0.4 is 11.1 Å². The Labute approximate surface area is 262 Å². The molecule has 4 atom stereocenters. The van der Waals surface area contributed by atoms with Crippen LogP contribution in [0.2, 0.25) is 0 Å². The Morgan fingerprint density at radius 3 is 2.27 bits per heavy atom. The lowest BCUT2D eigenvalue weighted by molar-refractivity contribution is -0.169. The average Bonchev–Trinajstić information content (AvgIpc) is 3.72. The molecule has 12 heteroatoms. The summed E-state index contributed by atoms with van der Waals surface area (Å²) in [7, 11) is 0. The molecule has 1 saturated heterocycles. The fourth-order valence-electron chi connectivity index (χ4n) is 5.40. The predicted molar refractivity (Wildman–Crippen MR) is 164 cm³/mol. The van der Waals surface area contributed by atoms with Gasteiger partial charge in [0.05, 0.1) is 24.2 Å². The number of carbonyl (C=O) groups excluding carboxylic acids is 3. The molecule has 3 unspecified atom stereocenters. The van der Waals surface area contributed by atoms with Crippen LogP contribution in [0.3, 0.4) is 0 Å². The fraction of sp³-hybridized carbons (Fsp3) is 0.545. The molecular weight excluding hydrogens is 587 g/mol. The summed E-state index contributed by atoms with van der Waals surface area (Å²) in [6, 6.07) is 6.74. The van der Waals surface area contributed by atoms with Crippen molar-refractivity contribution in [2.24, 2.45) is 23.0 Å². The van der Waals surface area contributed by atoms with Crippen molar-refractivity contribution in [1.29, 1.82) is 5.26 Å². The second kappa shape index (κ2) is 15.2. The van der Waals surface area contributed by atoms with Crippen LogP contribution in [0.25, 0.3) is 10.8 Å². The monoisotopic (exact) mass is 629 g/mol. The number of amides is 3. The standard InChI is InChI=1S/C15H25NO2.C14H9N3O.C2H2F3NO.C2H6/c1-10(18-15(4)5-6-15)7-13(17)16-8-11-12(9-16)14(11,2)3;1-2-10-4-3-5-11-7-16-8-12(14(10)11)13(6-15)17-9-18;3-2(4,5)1(6)7;1-2/h10-12H,5-9H2,1-4H3;1,3-5,7-9,13H,(H,17,18);(H2,6,7);1-2H3/t10-,11?,12?;;;/m1.../s1. The Hall–Kier alpha value is -4.16. The first kappa shape index (κ1) is 37.0. The maximum Gasteiger partial charge on any atom is 0.470 e. The largest absolute Gasteiger partial charge is 0.470 e. The molecule has 2 aromatic rings. The van der Waals surface area contributed by atoms with Crippen molar-refractivity contribution in [3.63, 3.8) is 0 Å². The van der Waals surface area contributed by atoms with E-state index in [0.29, 0.717) is 29.4 Å². The topological polar surface area (TPSA) is 138 Å². The van der Waals surface area contributed by atoms with Crippen LogP contribution in [0.1, 0.15) is 78.0 Å². The van der Waals surface area contributed by atoms with Gasteiger partial charge in [-0.1, -0.05) is 45.7 Å². The summed E-state index contributed by atoms with van der Waals surface area (Å²) in [6.07, 6.45) is 7.22. The van der Waals surface area contributed by atoms with E-state index in [1.165, 1.54) is 0 Å². The van der Waals surface area contributed by atoms with Crippen molar-refractivity contribution >= 4 is 29.0 Å². The summed E-state index contributed by atoms with van der Waals surface area (Å²) in [6.45, 7) is 14.8. The Morgan fingerprint density at radius 2 is 1.80 bits per heavy atom. The van der Waals surface area contributed by atoms with Gasteiger partial charge in [0, 0.05) is 47.4 Å². The number of nitrogens with two attached hydrogens (primary N) is 1. The quantitative estimate of drug-likeness (QED) is 0.325. The zero-order valence-corrected chi connectivity index (χ0v) is 26.6. The predicted octanol–water partition coefficient (Wildman–Crippen LogP) is 5.04. The molecule has 3 fully saturated rings. The van der Waals surface area contributed by atoms with Crippen molar-refractivity contribution in [3.05, 3.63) is 41.7 Å². The lowest BCUT2D eigenvalue weighted by Gasteiger charge is -2.25. The van der Waals surface area contributed by atoms with Crippen molar-refractivity contribution < 1.29 is 32.3 Å². The summed E-state index contributed by atoms with van der Waals surface area (Å²) >= 11 is 0. The SMILES string of the molecule is C#Cc1cccc2cncc(C(C#N)NC=O)c12.CC.C[C@H](CC(=O)N1CC2C(C1)C2(C)C)OC1(C)CC1.NC(=O)C(F)(F)F. The van der Waals surface area contributed by atoms with Gasteiger partial charge >= 0.3 is 12.1 Å². The molecule has 5 rings (SSSR count). The minimum absolute atomic E-state index is 0.0648. The van der Waals surface area contributed by atoms with Crippen LogP contribution >= 0.6 is 0 Å². The van der Waals surface area contributed by atoms with E-state index < -0.39 is 18.1 Å². The third-order valence-electron chi connectivity index (χ3n) is 8.30. The molecule has 1 aromatic heterocycles. The lowest BCUT2D eigenvalue weighted by atomic mass is 9.98. The number of hydrogen-bond donors (Lipinski definition) is 2. The minimum atomic E-state index is -4.86. The van der Waals surface area contributed by atoms with Gasteiger partial charge in [-0.3, -0.25) is 19.4 Å². The number of pyridine rings is 1. The number of nitrogens with zero attached hydrogens (tertiary/aromatic N) is 3. The molecule has 0 bridgehead atoms. The molecule has 45 heavy (non-hydrogen) atoms. The number of carbonyl (C=O) groups is 3. The van der Waals surface area contributed by atoms with Crippen molar-refractivity contribution in [2.75, 3.05) is 13.1 Å². The number of terminal acetylenes is 1. The molecular formula is C33H42F3N5O4. The van der Waals surface area contributed by atoms with Crippen LogP contribution in [0, 0.1) is 40.9 Å². The van der Waals surface area contributed by atoms with Gasteiger partial charge in [-0.2, -0.15) is 18.4 Å². The normalized spacial score (nSPS) is 20.8.